The second kappa shape index (κ2) is 15.4. The lowest BCUT2D eigenvalue weighted by Crippen LogP contribution is -2.36. The highest BCUT2D eigenvalue weighted by molar-refractivity contribution is 6.30. The van der Waals surface area contributed by atoms with E-state index >= 15 is 0 Å². The second-order valence-corrected chi connectivity index (χ2v) is 13.2. The smallest absolute Gasteiger partial charge is 0.259 e. The molecular weight excluding hydrogens is 588 g/mol. The fourth-order valence-corrected chi connectivity index (χ4v) is 5.57. The van der Waals surface area contributed by atoms with Crippen LogP contribution >= 0.6 is 11.6 Å². The average Bonchev–Trinajstić information content (AvgIpc) is 3.17. The molecule has 8 nitrogen and oxygen atoms in total. The zero-order valence-electron chi connectivity index (χ0n) is 27.0. The number of hydrogen-bond acceptors (Lipinski definition) is 5. The summed E-state index contributed by atoms with van der Waals surface area (Å²) in [6.07, 6.45) is 3.75. The van der Waals surface area contributed by atoms with Crippen molar-refractivity contribution in [3.8, 4) is 5.75 Å². The number of halogens is 1. The summed E-state index contributed by atoms with van der Waals surface area (Å²) in [7, 11) is 3.50. The van der Waals surface area contributed by atoms with E-state index in [1.807, 2.05) is 24.3 Å². The minimum Gasteiger partial charge on any atom is -0.493 e. The number of carbonyl (C=O) groups is 3. The Morgan fingerprint density at radius 1 is 1.00 bits per heavy atom. The first-order valence-corrected chi connectivity index (χ1v) is 16.0. The molecule has 3 amide bonds. The Morgan fingerprint density at radius 3 is 2.44 bits per heavy atom. The Bertz CT molecular complexity index is 1480. The van der Waals surface area contributed by atoms with Crippen LogP contribution in [0.25, 0.3) is 0 Å². The molecule has 0 aromatic heterocycles. The van der Waals surface area contributed by atoms with Crippen LogP contribution in [-0.2, 0) is 4.79 Å². The number of nitrogens with zero attached hydrogens (tertiary/aromatic N) is 2. The van der Waals surface area contributed by atoms with E-state index in [0.717, 1.165) is 43.5 Å². The van der Waals surface area contributed by atoms with Gasteiger partial charge in [-0.05, 0) is 119 Å². The number of carbonyl (C=O) groups excluding carboxylic acids is 3. The van der Waals surface area contributed by atoms with Crippen LogP contribution in [0, 0.1) is 0 Å². The van der Waals surface area contributed by atoms with Crippen molar-refractivity contribution in [1.82, 2.24) is 10.2 Å². The van der Waals surface area contributed by atoms with Gasteiger partial charge in [0.25, 0.3) is 11.8 Å². The standard InChI is InChI=1S/C36H45ClN4O4/c1-36(2,3)38-20-8-9-22-45-32-13-7-6-12-29(32)34(43)39-28-17-14-25(15-18-28)35(44)41-21-10-11-26(23-33(42)40(4)5)30-24-27(37)16-19-31(30)41/h6-7,12-19,24,26,38H,8-11,20-23H2,1-5H3,(H,39,43). The first-order valence-electron chi connectivity index (χ1n) is 15.6. The normalized spacial score (nSPS) is 14.7. The van der Waals surface area contributed by atoms with Crippen LogP contribution in [0.1, 0.15) is 85.1 Å². The number of anilines is 2. The molecule has 1 aliphatic heterocycles. The SMILES string of the molecule is CN(C)C(=O)CC1CCCN(C(=O)c2ccc(NC(=O)c3ccccc3OCCCCNC(C)(C)C)cc2)c2ccc(Cl)cc21. The molecule has 0 saturated heterocycles. The van der Waals surface area contributed by atoms with Gasteiger partial charge in [0.15, 0.2) is 0 Å². The van der Waals surface area contributed by atoms with Gasteiger partial charge in [0, 0.05) is 54.6 Å². The summed E-state index contributed by atoms with van der Waals surface area (Å²) in [6, 6.07) is 19.6. The molecule has 1 aliphatic rings. The fourth-order valence-electron chi connectivity index (χ4n) is 5.39. The number of fused-ring (bicyclic) bond motifs is 1. The van der Waals surface area contributed by atoms with Gasteiger partial charge < -0.3 is 25.2 Å². The van der Waals surface area contributed by atoms with Gasteiger partial charge in [-0.15, -0.1) is 0 Å². The van der Waals surface area contributed by atoms with Gasteiger partial charge in [0.1, 0.15) is 5.75 Å². The molecule has 0 radical (unpaired) electrons. The van der Waals surface area contributed by atoms with Crippen molar-refractivity contribution in [2.75, 3.05) is 44.0 Å². The summed E-state index contributed by atoms with van der Waals surface area (Å²) >= 11 is 6.36. The Morgan fingerprint density at radius 2 is 1.73 bits per heavy atom. The van der Waals surface area contributed by atoms with Crippen LogP contribution in [0.4, 0.5) is 11.4 Å². The maximum atomic E-state index is 13.8. The van der Waals surface area contributed by atoms with Crippen LogP contribution in [0.3, 0.4) is 0 Å². The topological polar surface area (TPSA) is 91.0 Å². The van der Waals surface area contributed by atoms with E-state index in [1.165, 1.54) is 0 Å². The molecule has 9 heteroatoms. The highest BCUT2D eigenvalue weighted by atomic mass is 35.5. The largest absolute Gasteiger partial charge is 0.493 e. The molecule has 3 aromatic carbocycles. The summed E-state index contributed by atoms with van der Waals surface area (Å²) < 4.78 is 5.96. The molecule has 45 heavy (non-hydrogen) atoms. The molecular formula is C36H45ClN4O4. The molecule has 0 saturated carbocycles. The Kier molecular flexibility index (Phi) is 11.6. The maximum Gasteiger partial charge on any atom is 0.259 e. The minimum absolute atomic E-state index is 0.0266. The summed E-state index contributed by atoms with van der Waals surface area (Å²) in [6.45, 7) is 8.38. The number of unbranched alkanes of at least 4 members (excludes halogenated alkanes) is 1. The van der Waals surface area contributed by atoms with Crippen LogP contribution in [0.15, 0.2) is 66.7 Å². The third-order valence-corrected chi connectivity index (χ3v) is 8.06. The van der Waals surface area contributed by atoms with Gasteiger partial charge in [0.2, 0.25) is 5.91 Å². The highest BCUT2D eigenvalue weighted by Crippen LogP contribution is 2.39. The van der Waals surface area contributed by atoms with Gasteiger partial charge in [-0.25, -0.2) is 0 Å². The summed E-state index contributed by atoms with van der Waals surface area (Å²) in [5, 5.41) is 6.97. The Labute approximate surface area is 272 Å². The van der Waals surface area contributed by atoms with Gasteiger partial charge in [-0.2, -0.15) is 0 Å². The van der Waals surface area contributed by atoms with Crippen molar-refractivity contribution in [1.29, 1.82) is 0 Å². The molecule has 2 N–H and O–H groups in total. The van der Waals surface area contributed by atoms with E-state index in [4.69, 9.17) is 16.3 Å². The number of hydrogen-bond donors (Lipinski definition) is 2. The Balaban J connectivity index is 1.41. The lowest BCUT2D eigenvalue weighted by molar-refractivity contribution is -0.129. The number of nitrogens with one attached hydrogen (secondary N) is 2. The van der Waals surface area contributed by atoms with E-state index in [2.05, 4.69) is 31.4 Å². The van der Waals surface area contributed by atoms with E-state index in [0.29, 0.717) is 47.2 Å². The van der Waals surface area contributed by atoms with Crippen LogP contribution < -0.4 is 20.3 Å². The quantitative estimate of drug-likeness (QED) is 0.219. The third kappa shape index (κ3) is 9.55. The predicted molar refractivity (Wildman–Crippen MR) is 182 cm³/mol. The summed E-state index contributed by atoms with van der Waals surface area (Å²) in [5.74, 6) is 0.127. The van der Waals surface area contributed by atoms with Crippen LogP contribution in [0.2, 0.25) is 5.02 Å². The van der Waals surface area contributed by atoms with E-state index in [1.54, 1.807) is 66.4 Å². The van der Waals surface area contributed by atoms with Crippen LogP contribution in [0.5, 0.6) is 5.75 Å². The molecule has 0 aliphatic carbocycles. The molecule has 0 bridgehead atoms. The minimum atomic E-state index is -0.282. The number of rotatable bonds is 11. The van der Waals surface area contributed by atoms with E-state index in [-0.39, 0.29) is 29.2 Å². The monoisotopic (exact) mass is 632 g/mol. The first-order chi connectivity index (χ1) is 21.4. The molecule has 1 unspecified atom stereocenters. The van der Waals surface area contributed by atoms with Crippen molar-refractivity contribution in [2.45, 2.75) is 64.3 Å². The molecule has 1 heterocycles. The van der Waals surface area contributed by atoms with Crippen LogP contribution in [-0.4, -0.2) is 62.0 Å². The van der Waals surface area contributed by atoms with Crippen molar-refractivity contribution in [2.24, 2.45) is 0 Å². The summed E-state index contributed by atoms with van der Waals surface area (Å²) in [5.41, 5.74) is 3.30. The number of amides is 3. The fraction of sp³-hybridized carbons (Fsp3) is 0.417. The van der Waals surface area contributed by atoms with Gasteiger partial charge in [-0.1, -0.05) is 23.7 Å². The van der Waals surface area contributed by atoms with Crippen molar-refractivity contribution in [3.05, 3.63) is 88.4 Å². The van der Waals surface area contributed by atoms with Crippen molar-refractivity contribution < 1.29 is 19.1 Å². The maximum absolute atomic E-state index is 13.8. The van der Waals surface area contributed by atoms with Gasteiger partial charge in [0.05, 0.1) is 12.2 Å². The van der Waals surface area contributed by atoms with Crippen molar-refractivity contribution in [3.63, 3.8) is 0 Å². The first kappa shape index (κ1) is 34.0. The Hall–Kier alpha value is -3.88. The lowest BCUT2D eigenvalue weighted by Gasteiger charge is -2.25. The number of benzene rings is 3. The molecule has 4 rings (SSSR count). The highest BCUT2D eigenvalue weighted by Gasteiger charge is 2.29. The zero-order valence-corrected chi connectivity index (χ0v) is 27.7. The molecule has 0 fully saturated rings. The second-order valence-electron chi connectivity index (χ2n) is 12.8. The van der Waals surface area contributed by atoms with Gasteiger partial charge >= 0.3 is 0 Å². The molecule has 3 aromatic rings. The van der Waals surface area contributed by atoms with Crippen molar-refractivity contribution >= 4 is 40.7 Å². The van der Waals surface area contributed by atoms with Gasteiger partial charge in [-0.3, -0.25) is 14.4 Å². The average molecular weight is 633 g/mol. The zero-order chi connectivity index (χ0) is 32.6. The number of para-hydroxylation sites is 1. The van der Waals surface area contributed by atoms with E-state index < -0.39 is 0 Å². The summed E-state index contributed by atoms with van der Waals surface area (Å²) in [4.78, 5) is 42.9. The third-order valence-electron chi connectivity index (χ3n) is 7.82. The molecule has 0 spiro atoms. The molecule has 240 valence electrons. The number of ether oxygens (including phenoxy) is 1. The predicted octanol–water partition coefficient (Wildman–Crippen LogP) is 7.14. The molecule has 1 atom stereocenters. The van der Waals surface area contributed by atoms with E-state index in [9.17, 15) is 14.4 Å². The lowest BCUT2D eigenvalue weighted by atomic mass is 9.90.